The smallest absolute Gasteiger partial charge is 0.336 e. The van der Waals surface area contributed by atoms with E-state index in [1.165, 1.54) is 24.3 Å². The van der Waals surface area contributed by atoms with E-state index in [4.69, 9.17) is 4.42 Å². The third-order valence-electron chi connectivity index (χ3n) is 5.05. The second kappa shape index (κ2) is 6.48. The summed E-state index contributed by atoms with van der Waals surface area (Å²) < 4.78 is 5.80. The van der Waals surface area contributed by atoms with Gasteiger partial charge in [-0.05, 0) is 40.8 Å². The van der Waals surface area contributed by atoms with Crippen LogP contribution in [0.4, 0.5) is 0 Å². The van der Waals surface area contributed by atoms with Crippen LogP contribution < -0.4 is 10.5 Å². The summed E-state index contributed by atoms with van der Waals surface area (Å²) in [7, 11) is 0. The third kappa shape index (κ3) is 3.25. The van der Waals surface area contributed by atoms with Gasteiger partial charge in [-0.3, -0.25) is 4.79 Å². The van der Waals surface area contributed by atoms with E-state index >= 15 is 0 Å². The molecule has 0 unspecified atom stereocenters. The van der Waals surface area contributed by atoms with Crippen LogP contribution in [0.15, 0.2) is 63.8 Å². The van der Waals surface area contributed by atoms with Crippen molar-refractivity contribution in [3.63, 3.8) is 0 Å². The van der Waals surface area contributed by atoms with Crippen molar-refractivity contribution in [2.24, 2.45) is 0 Å². The fourth-order valence-electron chi connectivity index (χ4n) is 3.55. The number of fused-ring (bicyclic) bond motifs is 2. The van der Waals surface area contributed by atoms with E-state index in [1.54, 1.807) is 24.3 Å². The highest BCUT2D eigenvalue weighted by molar-refractivity contribution is 6.07. The van der Waals surface area contributed by atoms with E-state index in [2.05, 4.69) is 0 Å². The Morgan fingerprint density at radius 3 is 2.38 bits per heavy atom. The Bertz CT molecular complexity index is 1290. The maximum absolute atomic E-state index is 12.1. The molecule has 29 heavy (non-hydrogen) atoms. The van der Waals surface area contributed by atoms with E-state index in [0.29, 0.717) is 33.4 Å². The summed E-state index contributed by atoms with van der Waals surface area (Å²) in [5.74, 6) is -0.970. The first-order valence-corrected chi connectivity index (χ1v) is 9.21. The molecule has 5 heteroatoms. The first-order valence-electron chi connectivity index (χ1n) is 9.21. The highest BCUT2D eigenvalue weighted by Crippen LogP contribution is 2.42. The van der Waals surface area contributed by atoms with Crippen LogP contribution in [-0.2, 0) is 5.41 Å². The van der Waals surface area contributed by atoms with Crippen molar-refractivity contribution in [2.75, 3.05) is 0 Å². The molecule has 0 spiro atoms. The molecular weight excluding hydrogens is 368 g/mol. The molecule has 4 rings (SSSR count). The van der Waals surface area contributed by atoms with Gasteiger partial charge in [-0.1, -0.05) is 45.0 Å². The summed E-state index contributed by atoms with van der Waals surface area (Å²) in [5, 5.41) is 22.4. The van der Waals surface area contributed by atoms with E-state index in [-0.39, 0.29) is 22.2 Å². The number of carboxylic acids is 1. The fraction of sp³-hybridized carbons (Fsp3) is 0.167. The van der Waals surface area contributed by atoms with Crippen molar-refractivity contribution in [2.45, 2.75) is 26.2 Å². The highest BCUT2D eigenvalue weighted by Gasteiger charge is 2.23. The van der Waals surface area contributed by atoms with Crippen LogP contribution in [0.1, 0.15) is 36.7 Å². The van der Waals surface area contributed by atoms with Crippen LogP contribution in [0.3, 0.4) is 0 Å². The van der Waals surface area contributed by atoms with Crippen LogP contribution >= 0.6 is 0 Å². The number of hydrogen-bond acceptors (Lipinski definition) is 4. The Balaban J connectivity index is 2.15. The standard InChI is InChI=1S/C24H20O5/c1-24(2,3)13-4-7-16(19(10-13)23(27)28)22-17-8-5-14(25)11-20(17)29-21-12-15(26)6-9-18(21)22/h4-12,25H,1-3H3,(H,27,28)/p-1. The zero-order valence-corrected chi connectivity index (χ0v) is 16.3. The molecule has 5 nitrogen and oxygen atoms in total. The summed E-state index contributed by atoms with van der Waals surface area (Å²) in [6.07, 6.45) is 0. The lowest BCUT2D eigenvalue weighted by atomic mass is 9.83. The van der Waals surface area contributed by atoms with Crippen LogP contribution in [0.25, 0.3) is 33.4 Å². The Kier molecular flexibility index (Phi) is 4.19. The minimum Gasteiger partial charge on any atom is -0.872 e. The maximum Gasteiger partial charge on any atom is 0.336 e. The van der Waals surface area contributed by atoms with Gasteiger partial charge in [0.1, 0.15) is 11.3 Å². The van der Waals surface area contributed by atoms with Gasteiger partial charge in [-0.15, -0.1) is 5.75 Å². The lowest BCUT2D eigenvalue weighted by Crippen LogP contribution is -2.13. The summed E-state index contributed by atoms with van der Waals surface area (Å²) in [5.41, 5.74) is 2.66. The zero-order chi connectivity index (χ0) is 20.9. The van der Waals surface area contributed by atoms with Crippen molar-refractivity contribution in [1.29, 1.82) is 0 Å². The molecule has 1 heterocycles. The van der Waals surface area contributed by atoms with Gasteiger partial charge < -0.3 is 14.6 Å². The molecule has 2 aliphatic rings. The Hall–Kier alpha value is -3.60. The monoisotopic (exact) mass is 387 g/mol. The highest BCUT2D eigenvalue weighted by atomic mass is 16.4. The summed E-state index contributed by atoms with van der Waals surface area (Å²) in [6.45, 7) is 6.06. The van der Waals surface area contributed by atoms with E-state index in [1.807, 2.05) is 26.8 Å². The Morgan fingerprint density at radius 2 is 1.69 bits per heavy atom. The minimum absolute atomic E-state index is 0.156. The maximum atomic E-state index is 12.1. The van der Waals surface area contributed by atoms with Crippen LogP contribution in [-0.4, -0.2) is 11.1 Å². The molecule has 0 saturated carbocycles. The van der Waals surface area contributed by atoms with Crippen LogP contribution in [0.5, 0.6) is 5.75 Å². The normalized spacial score (nSPS) is 11.8. The van der Waals surface area contributed by atoms with Crippen molar-refractivity contribution in [3.8, 4) is 28.2 Å². The van der Waals surface area contributed by atoms with Gasteiger partial charge >= 0.3 is 5.97 Å². The van der Waals surface area contributed by atoms with Gasteiger partial charge in [0.25, 0.3) is 0 Å². The van der Waals surface area contributed by atoms with Crippen molar-refractivity contribution < 1.29 is 19.4 Å². The predicted octanol–water partition coefficient (Wildman–Crippen LogP) is 4.63. The second-order valence-corrected chi connectivity index (χ2v) is 8.11. The SMILES string of the molecule is CC(C)(C)c1ccc(-c2c3ccc(=O)cc-3oc3cc([O-])ccc23)c(C(=O)O)c1. The molecule has 2 aromatic carbocycles. The summed E-state index contributed by atoms with van der Waals surface area (Å²) in [4.78, 5) is 24.0. The molecule has 0 radical (unpaired) electrons. The average molecular weight is 387 g/mol. The predicted molar refractivity (Wildman–Crippen MR) is 110 cm³/mol. The van der Waals surface area contributed by atoms with Gasteiger partial charge in [0.15, 0.2) is 5.43 Å². The first kappa shape index (κ1) is 18.7. The number of benzene rings is 3. The third-order valence-corrected chi connectivity index (χ3v) is 5.05. The Labute approximate surface area is 167 Å². The number of rotatable bonds is 2. The number of carboxylic acid groups (broad SMARTS) is 1. The van der Waals surface area contributed by atoms with Gasteiger partial charge in [0.05, 0.1) is 5.56 Å². The molecule has 1 aliphatic carbocycles. The zero-order valence-electron chi connectivity index (χ0n) is 16.3. The molecule has 0 atom stereocenters. The van der Waals surface area contributed by atoms with Crippen molar-refractivity contribution in [1.82, 2.24) is 0 Å². The van der Waals surface area contributed by atoms with Gasteiger partial charge in [-0.2, -0.15) is 0 Å². The van der Waals surface area contributed by atoms with Crippen LogP contribution in [0, 0.1) is 0 Å². The number of aromatic carboxylic acids is 1. The molecule has 1 N–H and O–H groups in total. The second-order valence-electron chi connectivity index (χ2n) is 8.11. The molecule has 0 aromatic heterocycles. The van der Waals surface area contributed by atoms with Crippen molar-refractivity contribution in [3.05, 3.63) is 75.9 Å². The molecular formula is C24H19O5-. The largest absolute Gasteiger partial charge is 0.872 e. The average Bonchev–Trinajstić information content (AvgIpc) is 2.64. The van der Waals surface area contributed by atoms with Gasteiger partial charge in [0, 0.05) is 22.6 Å². The molecule has 0 saturated heterocycles. The summed E-state index contributed by atoms with van der Waals surface area (Å²) in [6, 6.07) is 14.2. The molecule has 146 valence electrons. The lowest BCUT2D eigenvalue weighted by Gasteiger charge is -2.22. The van der Waals surface area contributed by atoms with Gasteiger partial charge in [0.2, 0.25) is 0 Å². The van der Waals surface area contributed by atoms with Gasteiger partial charge in [-0.25, -0.2) is 4.79 Å². The topological polar surface area (TPSA) is 90.6 Å². The molecule has 0 bridgehead atoms. The van der Waals surface area contributed by atoms with E-state index in [9.17, 15) is 19.8 Å². The molecule has 2 aromatic rings. The number of hydrogen-bond donors (Lipinski definition) is 1. The molecule has 0 amide bonds. The molecule has 0 fully saturated rings. The minimum atomic E-state index is -1.05. The summed E-state index contributed by atoms with van der Waals surface area (Å²) >= 11 is 0. The fourth-order valence-corrected chi connectivity index (χ4v) is 3.55. The number of carbonyl (C=O) groups is 1. The van der Waals surface area contributed by atoms with Crippen molar-refractivity contribution >= 4 is 16.9 Å². The van der Waals surface area contributed by atoms with E-state index < -0.39 is 5.97 Å². The van der Waals surface area contributed by atoms with E-state index in [0.717, 1.165) is 5.56 Å². The quantitative estimate of drug-likeness (QED) is 0.506. The first-order chi connectivity index (χ1) is 13.6. The van der Waals surface area contributed by atoms with Crippen LogP contribution in [0.2, 0.25) is 0 Å². The molecule has 1 aliphatic heterocycles. The lowest BCUT2D eigenvalue weighted by molar-refractivity contribution is -0.268. The Morgan fingerprint density at radius 1 is 0.966 bits per heavy atom.